The van der Waals surface area contributed by atoms with Crippen LogP contribution in [0.25, 0.3) is 0 Å². The van der Waals surface area contributed by atoms with E-state index < -0.39 is 0 Å². The van der Waals surface area contributed by atoms with E-state index in [1.165, 1.54) is 0 Å². The number of nitrogens with two attached hydrogens (primary N) is 1. The van der Waals surface area contributed by atoms with Gasteiger partial charge in [-0.2, -0.15) is 0 Å². The molecule has 1 aromatic rings. The van der Waals surface area contributed by atoms with Crippen LogP contribution in [0.4, 0.5) is 0 Å². The monoisotopic (exact) mass is 332 g/mol. The normalized spacial score (nSPS) is 13.2. The van der Waals surface area contributed by atoms with Crippen LogP contribution in [0.3, 0.4) is 0 Å². The van der Waals surface area contributed by atoms with Crippen molar-refractivity contribution >= 4 is 33.4 Å². The predicted octanol–water partition coefficient (Wildman–Crippen LogP) is 3.21. The number of nitrogens with one attached hydrogen (secondary N) is 1. The van der Waals surface area contributed by atoms with Crippen molar-refractivity contribution in [2.75, 3.05) is 6.54 Å². The van der Waals surface area contributed by atoms with Crippen LogP contribution in [0, 0.1) is 5.41 Å². The highest BCUT2D eigenvalue weighted by Gasteiger charge is 2.25. The molecule has 0 saturated carbocycles. The number of hydrogen-bond donors (Lipinski definition) is 2. The third-order valence-electron chi connectivity index (χ3n) is 2.76. The van der Waals surface area contributed by atoms with Crippen molar-refractivity contribution in [1.82, 2.24) is 5.32 Å². The molecule has 3 N–H and O–H groups in total. The Morgan fingerprint density at radius 1 is 1.50 bits per heavy atom. The summed E-state index contributed by atoms with van der Waals surface area (Å²) in [6, 6.07) is 5.01. The maximum Gasteiger partial charge on any atom is 0.252 e. The van der Waals surface area contributed by atoms with Gasteiger partial charge in [-0.1, -0.05) is 32.4 Å². The second-order valence-corrected chi connectivity index (χ2v) is 6.54. The number of halogens is 2. The van der Waals surface area contributed by atoms with E-state index in [1.807, 2.05) is 20.8 Å². The number of amides is 1. The van der Waals surface area contributed by atoms with Gasteiger partial charge >= 0.3 is 0 Å². The predicted molar refractivity (Wildman–Crippen MR) is 78.9 cm³/mol. The minimum atomic E-state index is -0.149. The molecule has 0 heterocycles. The minimum Gasteiger partial charge on any atom is -0.347 e. The van der Waals surface area contributed by atoms with E-state index in [-0.39, 0.29) is 17.4 Å². The van der Waals surface area contributed by atoms with Gasteiger partial charge < -0.3 is 11.1 Å². The third kappa shape index (κ3) is 3.97. The summed E-state index contributed by atoms with van der Waals surface area (Å²) in [6.45, 7) is 6.53. The fraction of sp³-hybridized carbons (Fsp3) is 0.462. The van der Waals surface area contributed by atoms with Gasteiger partial charge in [-0.05, 0) is 39.5 Å². The van der Waals surface area contributed by atoms with Gasteiger partial charge in [-0.15, -0.1) is 0 Å². The maximum atomic E-state index is 12.2. The fourth-order valence-electron chi connectivity index (χ4n) is 1.54. The lowest BCUT2D eigenvalue weighted by Crippen LogP contribution is -2.48. The standard InChI is InChI=1S/C13H18BrClN2O/c1-13(2,3)11(7-16)17-12(18)9-5-4-8(15)6-10(9)14/h4-6,11H,7,16H2,1-3H3,(H,17,18). The van der Waals surface area contributed by atoms with Crippen molar-refractivity contribution in [3.05, 3.63) is 33.3 Å². The Labute approximate surface area is 121 Å². The van der Waals surface area contributed by atoms with E-state index in [0.717, 1.165) is 0 Å². The first-order valence-corrected chi connectivity index (χ1v) is 6.88. The molecule has 0 saturated heterocycles. The van der Waals surface area contributed by atoms with Gasteiger partial charge in [0.05, 0.1) is 5.56 Å². The Morgan fingerprint density at radius 3 is 2.56 bits per heavy atom. The summed E-state index contributed by atoms with van der Waals surface area (Å²) in [5.74, 6) is -0.149. The van der Waals surface area contributed by atoms with Gasteiger partial charge in [0.1, 0.15) is 0 Å². The smallest absolute Gasteiger partial charge is 0.252 e. The summed E-state index contributed by atoms with van der Waals surface area (Å²) in [5, 5.41) is 3.53. The SMILES string of the molecule is CC(C)(C)C(CN)NC(=O)c1ccc(Cl)cc1Br. The summed E-state index contributed by atoms with van der Waals surface area (Å²) >= 11 is 9.18. The minimum absolute atomic E-state index is 0.0763. The van der Waals surface area contributed by atoms with Crippen LogP contribution in [0.2, 0.25) is 5.02 Å². The van der Waals surface area contributed by atoms with Crippen LogP contribution in [-0.4, -0.2) is 18.5 Å². The second-order valence-electron chi connectivity index (χ2n) is 5.25. The molecule has 1 rings (SSSR count). The molecule has 18 heavy (non-hydrogen) atoms. The lowest BCUT2D eigenvalue weighted by molar-refractivity contribution is 0.0904. The second kappa shape index (κ2) is 6.04. The van der Waals surface area contributed by atoms with Crippen LogP contribution in [0.5, 0.6) is 0 Å². The van der Waals surface area contributed by atoms with Crippen molar-refractivity contribution in [3.63, 3.8) is 0 Å². The van der Waals surface area contributed by atoms with Crippen molar-refractivity contribution in [3.8, 4) is 0 Å². The van der Waals surface area contributed by atoms with Crippen LogP contribution in [0.15, 0.2) is 22.7 Å². The van der Waals surface area contributed by atoms with Crippen LogP contribution >= 0.6 is 27.5 Å². The average molecular weight is 334 g/mol. The molecular weight excluding hydrogens is 316 g/mol. The summed E-state index contributed by atoms with van der Waals surface area (Å²) in [5.41, 5.74) is 6.18. The molecule has 3 nitrogen and oxygen atoms in total. The Bertz CT molecular complexity index is 443. The summed E-state index contributed by atoms with van der Waals surface area (Å²) in [6.07, 6.45) is 0. The summed E-state index contributed by atoms with van der Waals surface area (Å²) in [4.78, 5) is 12.2. The highest BCUT2D eigenvalue weighted by molar-refractivity contribution is 9.10. The average Bonchev–Trinajstić information content (AvgIpc) is 2.23. The molecule has 1 atom stereocenters. The van der Waals surface area contributed by atoms with Crippen molar-refractivity contribution in [1.29, 1.82) is 0 Å². The molecule has 100 valence electrons. The topological polar surface area (TPSA) is 55.1 Å². The van der Waals surface area contributed by atoms with Gasteiger partial charge in [0.25, 0.3) is 5.91 Å². The van der Waals surface area contributed by atoms with E-state index >= 15 is 0 Å². The summed E-state index contributed by atoms with van der Waals surface area (Å²) in [7, 11) is 0. The van der Waals surface area contributed by atoms with E-state index in [9.17, 15) is 4.79 Å². The lowest BCUT2D eigenvalue weighted by atomic mass is 9.86. The zero-order valence-electron chi connectivity index (χ0n) is 10.8. The van der Waals surface area contributed by atoms with Crippen molar-refractivity contribution in [2.45, 2.75) is 26.8 Å². The number of hydrogen-bond acceptors (Lipinski definition) is 2. The number of carbonyl (C=O) groups excluding carboxylic acids is 1. The molecule has 0 fully saturated rings. The molecule has 0 bridgehead atoms. The molecule has 0 radical (unpaired) electrons. The maximum absolute atomic E-state index is 12.2. The first-order valence-electron chi connectivity index (χ1n) is 5.71. The summed E-state index contributed by atoms with van der Waals surface area (Å²) < 4.78 is 0.678. The Hall–Kier alpha value is -0.580. The van der Waals surface area contributed by atoms with Gasteiger partial charge in [0.2, 0.25) is 0 Å². The van der Waals surface area contributed by atoms with E-state index in [1.54, 1.807) is 18.2 Å². The number of carbonyl (C=O) groups is 1. The molecule has 5 heteroatoms. The molecule has 0 aliphatic rings. The first-order chi connectivity index (χ1) is 8.25. The largest absolute Gasteiger partial charge is 0.347 e. The van der Waals surface area contributed by atoms with Crippen LogP contribution in [0.1, 0.15) is 31.1 Å². The Balaban J connectivity index is 2.88. The van der Waals surface area contributed by atoms with Gasteiger partial charge in [-0.3, -0.25) is 4.79 Å². The van der Waals surface area contributed by atoms with E-state index in [0.29, 0.717) is 21.6 Å². The zero-order valence-corrected chi connectivity index (χ0v) is 13.1. The van der Waals surface area contributed by atoms with E-state index in [4.69, 9.17) is 17.3 Å². The molecule has 0 aliphatic carbocycles. The highest BCUT2D eigenvalue weighted by Crippen LogP contribution is 2.23. The van der Waals surface area contributed by atoms with Gasteiger partial charge in [0, 0.05) is 22.1 Å². The van der Waals surface area contributed by atoms with Gasteiger partial charge in [0.15, 0.2) is 0 Å². The van der Waals surface area contributed by atoms with Gasteiger partial charge in [-0.25, -0.2) is 0 Å². The van der Waals surface area contributed by atoms with Crippen molar-refractivity contribution < 1.29 is 4.79 Å². The molecule has 0 spiro atoms. The third-order valence-corrected chi connectivity index (χ3v) is 3.65. The number of rotatable bonds is 3. The Morgan fingerprint density at radius 2 is 2.11 bits per heavy atom. The van der Waals surface area contributed by atoms with Crippen LogP contribution < -0.4 is 11.1 Å². The quantitative estimate of drug-likeness (QED) is 0.892. The fourth-order valence-corrected chi connectivity index (χ4v) is 2.40. The molecule has 1 unspecified atom stereocenters. The molecular formula is C13H18BrClN2O. The molecule has 1 amide bonds. The Kier molecular flexibility index (Phi) is 5.20. The molecule has 0 aromatic heterocycles. The van der Waals surface area contributed by atoms with Crippen LogP contribution in [-0.2, 0) is 0 Å². The van der Waals surface area contributed by atoms with Crippen molar-refractivity contribution in [2.24, 2.45) is 11.1 Å². The molecule has 1 aromatic carbocycles. The van der Waals surface area contributed by atoms with E-state index in [2.05, 4.69) is 21.2 Å². The number of benzene rings is 1. The highest BCUT2D eigenvalue weighted by atomic mass is 79.9. The zero-order chi connectivity index (χ0) is 13.9. The first kappa shape index (κ1) is 15.5. The lowest BCUT2D eigenvalue weighted by Gasteiger charge is -2.30. The molecule has 0 aliphatic heterocycles.